The van der Waals surface area contributed by atoms with Crippen molar-refractivity contribution in [2.75, 3.05) is 12.4 Å². The summed E-state index contributed by atoms with van der Waals surface area (Å²) in [5, 5.41) is 12.5. The number of aliphatic imine (C=N–C) groups is 1. The molecule has 0 aliphatic heterocycles. The van der Waals surface area contributed by atoms with E-state index < -0.39 is 12.1 Å². The van der Waals surface area contributed by atoms with Gasteiger partial charge in [0.15, 0.2) is 23.2 Å². The highest BCUT2D eigenvalue weighted by Gasteiger charge is 2.32. The van der Waals surface area contributed by atoms with Gasteiger partial charge in [-0.3, -0.25) is 0 Å². The van der Waals surface area contributed by atoms with Gasteiger partial charge in [0.05, 0.1) is 19.3 Å². The Labute approximate surface area is 164 Å². The lowest BCUT2D eigenvalue weighted by atomic mass is 10.2. The van der Waals surface area contributed by atoms with Crippen LogP contribution in [0.15, 0.2) is 47.5 Å². The molecule has 0 radical (unpaired) electrons. The van der Waals surface area contributed by atoms with Crippen LogP contribution in [0.25, 0.3) is 0 Å². The number of rotatable bonds is 5. The Kier molecular flexibility index (Phi) is 7.80. The first kappa shape index (κ1) is 21.7. The van der Waals surface area contributed by atoms with Crippen molar-refractivity contribution in [3.8, 4) is 17.2 Å². The number of aromatic hydroxyl groups is 1. The van der Waals surface area contributed by atoms with E-state index in [-0.39, 0.29) is 53.7 Å². The highest BCUT2D eigenvalue weighted by Crippen LogP contribution is 2.31. The maximum absolute atomic E-state index is 12.4. The zero-order chi connectivity index (χ0) is 18.4. The monoisotopic (exact) mass is 483 g/mol. The molecule has 4 N–H and O–H groups in total. The third kappa shape index (κ3) is 6.17. The van der Waals surface area contributed by atoms with Crippen LogP contribution in [0.1, 0.15) is 5.56 Å². The van der Waals surface area contributed by atoms with Crippen molar-refractivity contribution in [1.82, 2.24) is 0 Å². The van der Waals surface area contributed by atoms with Gasteiger partial charge in [0, 0.05) is 5.56 Å². The van der Waals surface area contributed by atoms with Gasteiger partial charge in [0.2, 0.25) is 0 Å². The second-order valence-corrected chi connectivity index (χ2v) is 4.84. The molecule has 26 heavy (non-hydrogen) atoms. The number of nitrogens with zero attached hydrogens (tertiary/aromatic N) is 1. The van der Waals surface area contributed by atoms with Gasteiger partial charge < -0.3 is 25.6 Å². The number of phenols is 1. The van der Waals surface area contributed by atoms with E-state index >= 15 is 0 Å². The molecule has 0 amide bonds. The molecule has 0 heterocycles. The number of ether oxygens (including phenoxy) is 2. The lowest BCUT2D eigenvalue weighted by molar-refractivity contribution is -0.274. The molecule has 0 saturated heterocycles. The summed E-state index contributed by atoms with van der Waals surface area (Å²) in [6.07, 6.45) is -4.82. The minimum Gasteiger partial charge on any atom is -0.504 e. The number of guanidine groups is 1. The predicted molar refractivity (Wildman–Crippen MR) is 102 cm³/mol. The molecule has 0 aliphatic rings. The summed E-state index contributed by atoms with van der Waals surface area (Å²) in [7, 11) is 1.41. The van der Waals surface area contributed by atoms with Gasteiger partial charge in [0.1, 0.15) is 0 Å². The Morgan fingerprint density at radius 1 is 1.15 bits per heavy atom. The minimum absolute atomic E-state index is 0. The molecule has 2 aromatic rings. The Bertz CT molecular complexity index is 770. The number of methoxy groups -OCH3 is 1. The van der Waals surface area contributed by atoms with Crippen LogP contribution in [-0.2, 0) is 6.54 Å². The highest BCUT2D eigenvalue weighted by atomic mass is 127. The average Bonchev–Trinajstić information content (AvgIpc) is 2.54. The predicted octanol–water partition coefficient (Wildman–Crippen LogP) is 3.84. The molecule has 2 aromatic carbocycles. The number of anilines is 1. The van der Waals surface area contributed by atoms with Crippen molar-refractivity contribution < 1.29 is 27.8 Å². The lowest BCUT2D eigenvalue weighted by Crippen LogP contribution is -2.24. The molecule has 6 nitrogen and oxygen atoms in total. The maximum atomic E-state index is 12.4. The zero-order valence-corrected chi connectivity index (χ0v) is 15.9. The Morgan fingerprint density at radius 3 is 2.46 bits per heavy atom. The molecular weight excluding hydrogens is 466 g/mol. The van der Waals surface area contributed by atoms with Crippen LogP contribution >= 0.6 is 24.0 Å². The lowest BCUT2D eigenvalue weighted by Gasteiger charge is -2.14. The second kappa shape index (κ2) is 9.36. The van der Waals surface area contributed by atoms with Crippen molar-refractivity contribution in [1.29, 1.82) is 0 Å². The zero-order valence-electron chi connectivity index (χ0n) is 13.6. The number of hydrogen-bond donors (Lipinski definition) is 3. The van der Waals surface area contributed by atoms with E-state index in [0.717, 1.165) is 6.07 Å². The summed E-state index contributed by atoms with van der Waals surface area (Å²) in [5.74, 6) is -0.372. The van der Waals surface area contributed by atoms with E-state index in [1.54, 1.807) is 18.2 Å². The van der Waals surface area contributed by atoms with Crippen molar-refractivity contribution in [3.05, 3.63) is 48.0 Å². The normalized spacial score (nSPS) is 11.5. The van der Waals surface area contributed by atoms with Gasteiger partial charge in [-0.1, -0.05) is 24.3 Å². The van der Waals surface area contributed by atoms with Crippen molar-refractivity contribution >= 4 is 35.6 Å². The van der Waals surface area contributed by atoms with Gasteiger partial charge in [-0.25, -0.2) is 4.99 Å². The molecule has 0 spiro atoms. The van der Waals surface area contributed by atoms with Gasteiger partial charge in [-0.05, 0) is 18.2 Å². The van der Waals surface area contributed by atoms with Gasteiger partial charge in [-0.2, -0.15) is 0 Å². The summed E-state index contributed by atoms with van der Waals surface area (Å²) in [6, 6.07) is 10.3. The highest BCUT2D eigenvalue weighted by molar-refractivity contribution is 14.0. The van der Waals surface area contributed by atoms with E-state index in [9.17, 15) is 18.3 Å². The van der Waals surface area contributed by atoms with Gasteiger partial charge >= 0.3 is 6.36 Å². The fourth-order valence-electron chi connectivity index (χ4n) is 1.99. The fourth-order valence-corrected chi connectivity index (χ4v) is 1.99. The molecule has 0 saturated carbocycles. The molecule has 142 valence electrons. The van der Waals surface area contributed by atoms with Crippen LogP contribution in [0, 0.1) is 0 Å². The summed E-state index contributed by atoms with van der Waals surface area (Å²) in [5.41, 5.74) is 6.15. The number of phenolic OH excluding ortho intramolecular Hbond substituents is 1. The van der Waals surface area contributed by atoms with Crippen LogP contribution in [0.2, 0.25) is 0 Å². The Morgan fingerprint density at radius 2 is 1.81 bits per heavy atom. The number of nitrogens with one attached hydrogen (secondary N) is 1. The molecular formula is C16H17F3IN3O3. The van der Waals surface area contributed by atoms with Crippen LogP contribution < -0.4 is 20.5 Å². The van der Waals surface area contributed by atoms with Gasteiger partial charge in [0.25, 0.3) is 0 Å². The molecule has 0 atom stereocenters. The third-order valence-corrected chi connectivity index (χ3v) is 3.10. The molecule has 0 aromatic heterocycles. The SMILES string of the molecule is COc1cccc(CN=C(N)Nc2ccccc2OC(F)(F)F)c1O.I. The first-order valence-electron chi connectivity index (χ1n) is 7.06. The minimum atomic E-state index is -4.82. The van der Waals surface area contributed by atoms with Crippen molar-refractivity contribution in [3.63, 3.8) is 0 Å². The number of nitrogens with two attached hydrogens (primary N) is 1. The standard InChI is InChI=1S/C16H16F3N3O3.HI/c1-24-13-8-4-5-10(14(13)23)9-21-15(20)22-11-6-2-3-7-12(11)25-16(17,18)19;/h2-8,23H,9H2,1H3,(H3,20,21,22);1H. The van der Waals surface area contributed by atoms with E-state index in [4.69, 9.17) is 10.5 Å². The Hall–Kier alpha value is -2.37. The molecule has 10 heteroatoms. The number of hydrogen-bond acceptors (Lipinski definition) is 4. The van der Waals surface area contributed by atoms with E-state index in [2.05, 4.69) is 15.0 Å². The van der Waals surface area contributed by atoms with E-state index in [1.165, 1.54) is 25.3 Å². The molecule has 0 bridgehead atoms. The largest absolute Gasteiger partial charge is 0.573 e. The van der Waals surface area contributed by atoms with E-state index in [1.807, 2.05) is 0 Å². The smallest absolute Gasteiger partial charge is 0.504 e. The molecule has 0 unspecified atom stereocenters. The number of para-hydroxylation sites is 3. The first-order valence-corrected chi connectivity index (χ1v) is 7.06. The number of benzene rings is 2. The van der Waals surface area contributed by atoms with Crippen molar-refractivity contribution in [2.45, 2.75) is 12.9 Å². The summed E-state index contributed by atoms with van der Waals surface area (Å²) >= 11 is 0. The van der Waals surface area contributed by atoms with Crippen LogP contribution in [0.5, 0.6) is 17.2 Å². The van der Waals surface area contributed by atoms with Crippen LogP contribution in [0.3, 0.4) is 0 Å². The molecule has 0 fully saturated rings. The topological polar surface area (TPSA) is 89.1 Å². The van der Waals surface area contributed by atoms with Crippen LogP contribution in [-0.4, -0.2) is 24.5 Å². The molecule has 0 aliphatic carbocycles. The average molecular weight is 483 g/mol. The van der Waals surface area contributed by atoms with Gasteiger partial charge in [-0.15, -0.1) is 37.1 Å². The van der Waals surface area contributed by atoms with Crippen molar-refractivity contribution in [2.24, 2.45) is 10.7 Å². The second-order valence-electron chi connectivity index (χ2n) is 4.84. The maximum Gasteiger partial charge on any atom is 0.573 e. The van der Waals surface area contributed by atoms with E-state index in [0.29, 0.717) is 5.56 Å². The number of halogens is 4. The van der Waals surface area contributed by atoms with Crippen LogP contribution in [0.4, 0.5) is 18.9 Å². The first-order chi connectivity index (χ1) is 11.8. The fraction of sp³-hybridized carbons (Fsp3) is 0.188. The number of alkyl halides is 3. The third-order valence-electron chi connectivity index (χ3n) is 3.10. The quantitative estimate of drug-likeness (QED) is 0.342. The Balaban J connectivity index is 0.00000338. The summed E-state index contributed by atoms with van der Waals surface area (Å²) in [4.78, 5) is 3.99. The summed E-state index contributed by atoms with van der Waals surface area (Å²) < 4.78 is 46.1. The molecule has 2 rings (SSSR count). The summed E-state index contributed by atoms with van der Waals surface area (Å²) in [6.45, 7) is 0.00413.